The molecule has 5 heteroatoms. The van der Waals surface area contributed by atoms with E-state index in [-0.39, 0.29) is 5.91 Å². The zero-order valence-corrected chi connectivity index (χ0v) is 10.6. The van der Waals surface area contributed by atoms with Crippen LogP contribution in [0.2, 0.25) is 0 Å². The third-order valence-electron chi connectivity index (χ3n) is 2.77. The van der Waals surface area contributed by atoms with Crippen LogP contribution in [0.5, 0.6) is 0 Å². The van der Waals surface area contributed by atoms with Gasteiger partial charge >= 0.3 is 0 Å². The number of aryl methyl sites for hydroxylation is 1. The Hall–Kier alpha value is -2.17. The van der Waals surface area contributed by atoms with Gasteiger partial charge < -0.3 is 9.88 Å². The maximum absolute atomic E-state index is 12.0. The minimum Gasteiger partial charge on any atom is -0.340 e. The minimum absolute atomic E-state index is 0.0374. The Morgan fingerprint density at radius 2 is 2.11 bits per heavy atom. The van der Waals surface area contributed by atoms with Gasteiger partial charge in [0, 0.05) is 26.0 Å². The van der Waals surface area contributed by atoms with Gasteiger partial charge in [0.25, 0.3) is 5.91 Å². The molecule has 2 aromatic heterocycles. The van der Waals surface area contributed by atoms with Crippen molar-refractivity contribution >= 4 is 5.91 Å². The highest BCUT2D eigenvalue weighted by atomic mass is 16.2. The molecular formula is C13H16N4O. The van der Waals surface area contributed by atoms with Crippen LogP contribution in [0.1, 0.15) is 21.9 Å². The van der Waals surface area contributed by atoms with Crippen molar-refractivity contribution in [1.82, 2.24) is 19.9 Å². The second-order valence-corrected chi connectivity index (χ2v) is 4.21. The molecular weight excluding hydrogens is 228 g/mol. The van der Waals surface area contributed by atoms with Crippen molar-refractivity contribution in [3.8, 4) is 0 Å². The van der Waals surface area contributed by atoms with E-state index in [9.17, 15) is 4.79 Å². The molecule has 94 valence electrons. The Bertz CT molecular complexity index is 521. The van der Waals surface area contributed by atoms with Gasteiger partial charge in [-0.05, 0) is 31.0 Å². The molecule has 0 fully saturated rings. The molecule has 0 aliphatic carbocycles. The number of amides is 1. The van der Waals surface area contributed by atoms with Crippen LogP contribution < -0.4 is 0 Å². The SMILES string of the molecule is Cc1ncc(C(=O)N(C)CCc2ccncc2)[nH]1. The maximum Gasteiger partial charge on any atom is 0.271 e. The van der Waals surface area contributed by atoms with E-state index in [2.05, 4.69) is 15.0 Å². The zero-order valence-electron chi connectivity index (χ0n) is 10.6. The first-order valence-electron chi connectivity index (χ1n) is 5.83. The molecule has 2 heterocycles. The highest BCUT2D eigenvalue weighted by Gasteiger charge is 2.13. The molecule has 1 N–H and O–H groups in total. The summed E-state index contributed by atoms with van der Waals surface area (Å²) in [6, 6.07) is 3.91. The van der Waals surface area contributed by atoms with Crippen LogP contribution in [0.3, 0.4) is 0 Å². The summed E-state index contributed by atoms with van der Waals surface area (Å²) in [6.07, 6.45) is 5.91. The van der Waals surface area contributed by atoms with E-state index in [1.807, 2.05) is 19.1 Å². The van der Waals surface area contributed by atoms with Crippen molar-refractivity contribution in [3.05, 3.63) is 47.8 Å². The second-order valence-electron chi connectivity index (χ2n) is 4.21. The van der Waals surface area contributed by atoms with Crippen molar-refractivity contribution in [2.45, 2.75) is 13.3 Å². The molecule has 0 aliphatic heterocycles. The van der Waals surface area contributed by atoms with Gasteiger partial charge in [0.2, 0.25) is 0 Å². The van der Waals surface area contributed by atoms with E-state index in [0.717, 1.165) is 12.2 Å². The Morgan fingerprint density at radius 1 is 1.39 bits per heavy atom. The van der Waals surface area contributed by atoms with E-state index in [1.54, 1.807) is 30.5 Å². The summed E-state index contributed by atoms with van der Waals surface area (Å²) in [5.74, 6) is 0.713. The number of imidazole rings is 1. The maximum atomic E-state index is 12.0. The molecule has 0 saturated heterocycles. The fraction of sp³-hybridized carbons (Fsp3) is 0.308. The van der Waals surface area contributed by atoms with Gasteiger partial charge in [0.15, 0.2) is 0 Å². The summed E-state index contributed by atoms with van der Waals surface area (Å²) < 4.78 is 0. The van der Waals surface area contributed by atoms with Crippen molar-refractivity contribution in [1.29, 1.82) is 0 Å². The summed E-state index contributed by atoms with van der Waals surface area (Å²) in [5.41, 5.74) is 1.70. The molecule has 0 radical (unpaired) electrons. The third kappa shape index (κ3) is 2.94. The Kier molecular flexibility index (Phi) is 3.72. The number of carbonyl (C=O) groups is 1. The molecule has 0 unspecified atom stereocenters. The minimum atomic E-state index is -0.0374. The fourth-order valence-corrected chi connectivity index (χ4v) is 1.68. The summed E-state index contributed by atoms with van der Waals surface area (Å²) in [4.78, 5) is 24.6. The zero-order chi connectivity index (χ0) is 13.0. The van der Waals surface area contributed by atoms with Gasteiger partial charge in [-0.15, -0.1) is 0 Å². The fourth-order valence-electron chi connectivity index (χ4n) is 1.68. The number of nitrogens with one attached hydrogen (secondary N) is 1. The quantitative estimate of drug-likeness (QED) is 0.885. The van der Waals surface area contributed by atoms with Gasteiger partial charge in [-0.3, -0.25) is 9.78 Å². The molecule has 0 spiro atoms. The van der Waals surface area contributed by atoms with Gasteiger partial charge in [-0.2, -0.15) is 0 Å². The summed E-state index contributed by atoms with van der Waals surface area (Å²) in [5, 5.41) is 0. The molecule has 0 atom stereocenters. The van der Waals surface area contributed by atoms with E-state index < -0.39 is 0 Å². The van der Waals surface area contributed by atoms with Crippen molar-refractivity contribution < 1.29 is 4.79 Å². The van der Waals surface area contributed by atoms with Crippen LogP contribution in [-0.2, 0) is 6.42 Å². The predicted molar refractivity (Wildman–Crippen MR) is 68.2 cm³/mol. The first-order chi connectivity index (χ1) is 8.66. The molecule has 2 aromatic rings. The average molecular weight is 244 g/mol. The van der Waals surface area contributed by atoms with Crippen LogP contribution in [0.4, 0.5) is 0 Å². The molecule has 2 rings (SSSR count). The number of carbonyl (C=O) groups excluding carboxylic acids is 1. The van der Waals surface area contributed by atoms with Crippen molar-refractivity contribution in [2.24, 2.45) is 0 Å². The second kappa shape index (κ2) is 5.44. The number of aromatic nitrogens is 3. The van der Waals surface area contributed by atoms with E-state index >= 15 is 0 Å². The predicted octanol–water partition coefficient (Wildman–Crippen LogP) is 1.43. The van der Waals surface area contributed by atoms with Crippen LogP contribution in [-0.4, -0.2) is 39.4 Å². The van der Waals surface area contributed by atoms with E-state index in [0.29, 0.717) is 12.2 Å². The van der Waals surface area contributed by atoms with Gasteiger partial charge in [0.05, 0.1) is 6.20 Å². The first-order valence-corrected chi connectivity index (χ1v) is 5.83. The average Bonchev–Trinajstić information content (AvgIpc) is 2.83. The number of hydrogen-bond donors (Lipinski definition) is 1. The number of H-pyrrole nitrogens is 1. The molecule has 18 heavy (non-hydrogen) atoms. The topological polar surface area (TPSA) is 61.9 Å². The lowest BCUT2D eigenvalue weighted by Crippen LogP contribution is -2.29. The molecule has 0 saturated carbocycles. The molecule has 0 bridgehead atoms. The standard InChI is InChI=1S/C13H16N4O/c1-10-15-9-12(16-10)13(18)17(2)8-5-11-3-6-14-7-4-11/h3-4,6-7,9H,5,8H2,1-2H3,(H,15,16). The monoisotopic (exact) mass is 244 g/mol. The largest absolute Gasteiger partial charge is 0.340 e. The van der Waals surface area contributed by atoms with Crippen LogP contribution in [0.25, 0.3) is 0 Å². The number of nitrogens with zero attached hydrogens (tertiary/aromatic N) is 3. The Morgan fingerprint density at radius 3 is 2.72 bits per heavy atom. The van der Waals surface area contributed by atoms with Crippen LogP contribution in [0, 0.1) is 6.92 Å². The Labute approximate surface area is 106 Å². The Balaban J connectivity index is 1.92. The number of hydrogen-bond acceptors (Lipinski definition) is 3. The number of pyridine rings is 1. The van der Waals surface area contributed by atoms with Crippen molar-refractivity contribution in [2.75, 3.05) is 13.6 Å². The number of likely N-dealkylation sites (N-methyl/N-ethyl adjacent to an activating group) is 1. The van der Waals surface area contributed by atoms with E-state index in [1.165, 1.54) is 5.56 Å². The van der Waals surface area contributed by atoms with Crippen LogP contribution >= 0.6 is 0 Å². The molecule has 0 aromatic carbocycles. The summed E-state index contributed by atoms with van der Waals surface area (Å²) in [7, 11) is 1.79. The lowest BCUT2D eigenvalue weighted by atomic mass is 10.2. The molecule has 0 aliphatic rings. The highest BCUT2D eigenvalue weighted by Crippen LogP contribution is 2.03. The lowest BCUT2D eigenvalue weighted by Gasteiger charge is -2.15. The summed E-state index contributed by atoms with van der Waals surface area (Å²) >= 11 is 0. The smallest absolute Gasteiger partial charge is 0.271 e. The van der Waals surface area contributed by atoms with Crippen LogP contribution in [0.15, 0.2) is 30.7 Å². The van der Waals surface area contributed by atoms with Gasteiger partial charge in [0.1, 0.15) is 11.5 Å². The number of aromatic amines is 1. The highest BCUT2D eigenvalue weighted by molar-refractivity contribution is 5.91. The van der Waals surface area contributed by atoms with Gasteiger partial charge in [-0.25, -0.2) is 4.98 Å². The summed E-state index contributed by atoms with van der Waals surface area (Å²) in [6.45, 7) is 2.49. The third-order valence-corrected chi connectivity index (χ3v) is 2.77. The molecule has 1 amide bonds. The van der Waals surface area contributed by atoms with Crippen molar-refractivity contribution in [3.63, 3.8) is 0 Å². The van der Waals surface area contributed by atoms with Gasteiger partial charge in [-0.1, -0.05) is 0 Å². The first kappa shape index (κ1) is 12.3. The lowest BCUT2D eigenvalue weighted by molar-refractivity contribution is 0.0791. The normalized spacial score (nSPS) is 10.3. The number of rotatable bonds is 4. The van der Waals surface area contributed by atoms with E-state index in [4.69, 9.17) is 0 Å². The molecule has 5 nitrogen and oxygen atoms in total.